The van der Waals surface area contributed by atoms with Gasteiger partial charge in [0.15, 0.2) is 0 Å². The largest absolute Gasteiger partial charge is 0.497 e. The van der Waals surface area contributed by atoms with Crippen LogP contribution in [0.2, 0.25) is 0 Å². The first kappa shape index (κ1) is 15.3. The molecule has 1 N–H and O–H groups in total. The summed E-state index contributed by atoms with van der Waals surface area (Å²) in [6, 6.07) is 10.2. The first-order valence-electron chi connectivity index (χ1n) is 7.11. The van der Waals surface area contributed by atoms with Gasteiger partial charge in [-0.1, -0.05) is 12.1 Å². The molecule has 0 saturated heterocycles. The lowest BCUT2D eigenvalue weighted by atomic mass is 10.1. The van der Waals surface area contributed by atoms with E-state index in [1.54, 1.807) is 13.3 Å². The van der Waals surface area contributed by atoms with Gasteiger partial charge in [-0.05, 0) is 31.7 Å². The fourth-order valence-electron chi connectivity index (χ4n) is 2.10. The number of pyridine rings is 1. The lowest BCUT2D eigenvalue weighted by Crippen LogP contribution is -2.14. The van der Waals surface area contributed by atoms with Gasteiger partial charge < -0.3 is 14.8 Å². The van der Waals surface area contributed by atoms with Crippen LogP contribution in [0.15, 0.2) is 42.7 Å². The molecule has 0 aliphatic carbocycles. The molecular weight excluding hydrogens is 264 g/mol. The van der Waals surface area contributed by atoms with E-state index in [-0.39, 0.29) is 6.04 Å². The molecule has 0 aliphatic rings. The van der Waals surface area contributed by atoms with Gasteiger partial charge >= 0.3 is 0 Å². The molecule has 2 rings (SSSR count). The maximum atomic E-state index is 5.96. The zero-order valence-corrected chi connectivity index (χ0v) is 12.8. The predicted molar refractivity (Wildman–Crippen MR) is 83.9 cm³/mol. The van der Waals surface area contributed by atoms with E-state index < -0.39 is 0 Å². The summed E-state index contributed by atoms with van der Waals surface area (Å²) in [5, 5.41) is 3.24. The number of nitrogens with one attached hydrogen (secondary N) is 1. The van der Waals surface area contributed by atoms with Crippen molar-refractivity contribution in [3.05, 3.63) is 53.9 Å². The first-order chi connectivity index (χ1) is 10.2. The van der Waals surface area contributed by atoms with E-state index in [9.17, 15) is 0 Å². The van der Waals surface area contributed by atoms with Gasteiger partial charge in [0.1, 0.15) is 11.5 Å². The highest BCUT2D eigenvalue weighted by Gasteiger charge is 2.11. The van der Waals surface area contributed by atoms with Crippen LogP contribution in [-0.2, 0) is 6.42 Å². The predicted octanol–water partition coefficient (Wildman–Crippen LogP) is 2.99. The second kappa shape index (κ2) is 7.64. The van der Waals surface area contributed by atoms with Crippen LogP contribution in [0.3, 0.4) is 0 Å². The Hall–Kier alpha value is -2.07. The third-order valence-electron chi connectivity index (χ3n) is 3.49. The zero-order chi connectivity index (χ0) is 15.1. The van der Waals surface area contributed by atoms with Crippen LogP contribution in [0, 0.1) is 0 Å². The number of rotatable bonds is 7. The molecule has 1 aromatic carbocycles. The average molecular weight is 286 g/mol. The van der Waals surface area contributed by atoms with Crippen molar-refractivity contribution in [3.8, 4) is 11.5 Å². The maximum Gasteiger partial charge on any atom is 0.127 e. The Labute approximate surface area is 126 Å². The molecule has 0 radical (unpaired) electrons. The standard InChI is InChI=1S/C17H22N2O2/c1-13(18-2)16-7-6-15(20-3)11-17(16)21-10-8-14-5-4-9-19-12-14/h4-7,9,11-13,18H,8,10H2,1-3H3. The number of hydrogen-bond acceptors (Lipinski definition) is 4. The number of methoxy groups -OCH3 is 1. The Kier molecular flexibility index (Phi) is 5.58. The van der Waals surface area contributed by atoms with Gasteiger partial charge in [-0.15, -0.1) is 0 Å². The molecule has 1 unspecified atom stereocenters. The molecule has 0 spiro atoms. The van der Waals surface area contributed by atoms with Gasteiger partial charge in [-0.3, -0.25) is 4.98 Å². The van der Waals surface area contributed by atoms with E-state index in [4.69, 9.17) is 9.47 Å². The van der Waals surface area contributed by atoms with Gasteiger partial charge in [0, 0.05) is 36.5 Å². The molecule has 4 nitrogen and oxygen atoms in total. The minimum atomic E-state index is 0.226. The zero-order valence-electron chi connectivity index (χ0n) is 12.8. The van der Waals surface area contributed by atoms with Crippen LogP contribution in [0.25, 0.3) is 0 Å². The molecular formula is C17H22N2O2. The summed E-state index contributed by atoms with van der Waals surface area (Å²) < 4.78 is 11.2. The summed E-state index contributed by atoms with van der Waals surface area (Å²) in [6.07, 6.45) is 4.48. The second-order valence-corrected chi connectivity index (χ2v) is 4.87. The number of benzene rings is 1. The van der Waals surface area contributed by atoms with Crippen LogP contribution in [0.5, 0.6) is 11.5 Å². The molecule has 0 fully saturated rings. The van der Waals surface area contributed by atoms with Gasteiger partial charge in [-0.2, -0.15) is 0 Å². The highest BCUT2D eigenvalue weighted by Crippen LogP contribution is 2.29. The van der Waals surface area contributed by atoms with Crippen LogP contribution in [0.1, 0.15) is 24.1 Å². The maximum absolute atomic E-state index is 5.96. The summed E-state index contributed by atoms with van der Waals surface area (Å²) in [5.74, 6) is 1.67. The van der Waals surface area contributed by atoms with E-state index >= 15 is 0 Å². The molecule has 1 aromatic heterocycles. The number of hydrogen-bond donors (Lipinski definition) is 1. The van der Waals surface area contributed by atoms with Gasteiger partial charge in [0.2, 0.25) is 0 Å². The Morgan fingerprint density at radius 1 is 1.29 bits per heavy atom. The number of aromatic nitrogens is 1. The van der Waals surface area contributed by atoms with Crippen LogP contribution in [0.4, 0.5) is 0 Å². The minimum absolute atomic E-state index is 0.226. The second-order valence-electron chi connectivity index (χ2n) is 4.87. The lowest BCUT2D eigenvalue weighted by molar-refractivity contribution is 0.312. The van der Waals surface area contributed by atoms with Crippen molar-refractivity contribution in [1.29, 1.82) is 0 Å². The van der Waals surface area contributed by atoms with Gasteiger partial charge in [-0.25, -0.2) is 0 Å². The van der Waals surface area contributed by atoms with E-state index in [0.717, 1.165) is 23.5 Å². The van der Waals surface area contributed by atoms with E-state index in [1.807, 2.05) is 37.5 Å². The van der Waals surface area contributed by atoms with Crippen molar-refractivity contribution in [2.75, 3.05) is 20.8 Å². The molecule has 0 bridgehead atoms. The average Bonchev–Trinajstić information content (AvgIpc) is 2.55. The monoisotopic (exact) mass is 286 g/mol. The summed E-state index contributed by atoms with van der Waals surface area (Å²) in [5.41, 5.74) is 2.30. The Balaban J connectivity index is 2.06. The SMILES string of the molecule is CNC(C)c1ccc(OC)cc1OCCc1cccnc1. The van der Waals surface area contributed by atoms with E-state index in [1.165, 1.54) is 5.56 Å². The van der Waals surface area contributed by atoms with E-state index in [2.05, 4.69) is 23.3 Å². The highest BCUT2D eigenvalue weighted by atomic mass is 16.5. The molecule has 21 heavy (non-hydrogen) atoms. The summed E-state index contributed by atoms with van der Waals surface area (Å²) in [4.78, 5) is 4.11. The van der Waals surface area contributed by atoms with Crippen LogP contribution >= 0.6 is 0 Å². The van der Waals surface area contributed by atoms with Crippen LogP contribution in [-0.4, -0.2) is 25.7 Å². The minimum Gasteiger partial charge on any atom is -0.497 e. The molecule has 0 saturated carbocycles. The van der Waals surface area contributed by atoms with Gasteiger partial charge in [0.05, 0.1) is 13.7 Å². The molecule has 0 aliphatic heterocycles. The third-order valence-corrected chi connectivity index (χ3v) is 3.49. The van der Waals surface area contributed by atoms with Crippen LogP contribution < -0.4 is 14.8 Å². The van der Waals surface area contributed by atoms with Crippen molar-refractivity contribution in [3.63, 3.8) is 0 Å². The molecule has 4 heteroatoms. The Morgan fingerprint density at radius 2 is 2.14 bits per heavy atom. The fraction of sp³-hybridized carbons (Fsp3) is 0.353. The van der Waals surface area contributed by atoms with Gasteiger partial charge in [0.25, 0.3) is 0 Å². The van der Waals surface area contributed by atoms with Crippen molar-refractivity contribution >= 4 is 0 Å². The fourth-order valence-corrected chi connectivity index (χ4v) is 2.10. The third kappa shape index (κ3) is 4.20. The highest BCUT2D eigenvalue weighted by molar-refractivity contribution is 5.42. The molecule has 0 amide bonds. The number of nitrogens with zero attached hydrogens (tertiary/aromatic N) is 1. The molecule has 2 aromatic rings. The topological polar surface area (TPSA) is 43.4 Å². The number of ether oxygens (including phenoxy) is 2. The Bertz CT molecular complexity index is 558. The Morgan fingerprint density at radius 3 is 2.81 bits per heavy atom. The first-order valence-corrected chi connectivity index (χ1v) is 7.11. The van der Waals surface area contributed by atoms with Crippen molar-refractivity contribution in [2.24, 2.45) is 0 Å². The molecule has 1 heterocycles. The smallest absolute Gasteiger partial charge is 0.127 e. The normalized spacial score (nSPS) is 12.0. The van der Waals surface area contributed by atoms with Crippen molar-refractivity contribution < 1.29 is 9.47 Å². The summed E-state index contributed by atoms with van der Waals surface area (Å²) in [7, 11) is 3.60. The quantitative estimate of drug-likeness (QED) is 0.849. The van der Waals surface area contributed by atoms with E-state index in [0.29, 0.717) is 6.61 Å². The molecule has 112 valence electrons. The van der Waals surface area contributed by atoms with Crippen molar-refractivity contribution in [2.45, 2.75) is 19.4 Å². The van der Waals surface area contributed by atoms with Crippen molar-refractivity contribution in [1.82, 2.24) is 10.3 Å². The summed E-state index contributed by atoms with van der Waals surface area (Å²) >= 11 is 0. The molecule has 1 atom stereocenters. The lowest BCUT2D eigenvalue weighted by Gasteiger charge is -2.17. The summed E-state index contributed by atoms with van der Waals surface area (Å²) in [6.45, 7) is 2.72.